The molecule has 0 aliphatic rings. The molecule has 0 saturated carbocycles. The number of anilines is 1. The van der Waals surface area contributed by atoms with Crippen LogP contribution in [0.4, 0.5) is 5.69 Å². The molecule has 1 aromatic heterocycles. The number of nitrogens with zero attached hydrogens (tertiary/aromatic N) is 2. The summed E-state index contributed by atoms with van der Waals surface area (Å²) >= 11 is 6.08. The number of para-hydroxylation sites is 2. The Bertz CT molecular complexity index is 1020. The van der Waals surface area contributed by atoms with Crippen molar-refractivity contribution in [2.75, 3.05) is 12.4 Å². The molecule has 0 atom stereocenters. The van der Waals surface area contributed by atoms with E-state index in [0.29, 0.717) is 29.5 Å². The number of halogens is 1. The molecule has 27 heavy (non-hydrogen) atoms. The second kappa shape index (κ2) is 8.31. The summed E-state index contributed by atoms with van der Waals surface area (Å²) in [7, 11) is 1.53. The molecule has 0 radical (unpaired) electrons. The van der Waals surface area contributed by atoms with Gasteiger partial charge in [-0.2, -0.15) is 0 Å². The largest absolute Gasteiger partial charge is 0.495 e. The van der Waals surface area contributed by atoms with Crippen LogP contribution in [0.3, 0.4) is 0 Å². The molecule has 0 bridgehead atoms. The number of imidazole rings is 1. The van der Waals surface area contributed by atoms with Crippen LogP contribution in [-0.4, -0.2) is 22.2 Å². The molecule has 6 nitrogen and oxygen atoms in total. The highest BCUT2D eigenvalue weighted by atomic mass is 35.5. The minimum atomic E-state index is -0.185. The number of hydrogen-bond donors (Lipinski definition) is 1. The number of hydrogen-bond acceptors (Lipinski definition) is 3. The molecular formula is C20H22ClN3O3. The zero-order chi connectivity index (χ0) is 19.4. The molecule has 2 aromatic carbocycles. The van der Waals surface area contributed by atoms with Crippen LogP contribution in [0, 0.1) is 0 Å². The smallest absolute Gasteiger partial charge is 0.329 e. The van der Waals surface area contributed by atoms with Crippen LogP contribution in [0.5, 0.6) is 5.75 Å². The number of aryl methyl sites for hydroxylation is 2. The maximum atomic E-state index is 12.7. The number of amides is 1. The summed E-state index contributed by atoms with van der Waals surface area (Å²) in [6, 6.07) is 12.7. The van der Waals surface area contributed by atoms with Crippen molar-refractivity contribution in [1.29, 1.82) is 0 Å². The normalized spacial score (nSPS) is 10.9. The third kappa shape index (κ3) is 4.01. The highest BCUT2D eigenvalue weighted by Gasteiger charge is 2.13. The van der Waals surface area contributed by atoms with Gasteiger partial charge in [0.1, 0.15) is 5.75 Å². The molecule has 0 aliphatic heterocycles. The van der Waals surface area contributed by atoms with Crippen molar-refractivity contribution in [2.45, 2.75) is 32.9 Å². The minimum Gasteiger partial charge on any atom is -0.495 e. The van der Waals surface area contributed by atoms with E-state index in [0.717, 1.165) is 17.5 Å². The predicted molar refractivity (Wildman–Crippen MR) is 108 cm³/mol. The van der Waals surface area contributed by atoms with Crippen LogP contribution in [0.15, 0.2) is 47.3 Å². The first kappa shape index (κ1) is 19.0. The molecule has 142 valence electrons. The Morgan fingerprint density at radius 3 is 2.37 bits per heavy atom. The summed E-state index contributed by atoms with van der Waals surface area (Å²) in [6.07, 6.45) is 1.05. The van der Waals surface area contributed by atoms with Gasteiger partial charge in [-0.15, -0.1) is 0 Å². The van der Waals surface area contributed by atoms with Crippen molar-refractivity contribution in [3.8, 4) is 5.75 Å². The van der Waals surface area contributed by atoms with Gasteiger partial charge < -0.3 is 10.1 Å². The van der Waals surface area contributed by atoms with Crippen molar-refractivity contribution in [1.82, 2.24) is 9.13 Å². The van der Waals surface area contributed by atoms with Gasteiger partial charge in [0.25, 0.3) is 0 Å². The van der Waals surface area contributed by atoms with Crippen LogP contribution in [-0.2, 0) is 17.9 Å². The van der Waals surface area contributed by atoms with E-state index < -0.39 is 0 Å². The number of carbonyl (C=O) groups excluding carboxylic acids is 1. The average molecular weight is 388 g/mol. The van der Waals surface area contributed by atoms with Crippen LogP contribution >= 0.6 is 11.6 Å². The van der Waals surface area contributed by atoms with E-state index in [2.05, 4.69) is 5.32 Å². The zero-order valence-corrected chi connectivity index (χ0v) is 16.1. The lowest BCUT2D eigenvalue weighted by atomic mass is 10.2. The maximum Gasteiger partial charge on any atom is 0.329 e. The maximum absolute atomic E-state index is 12.7. The SMILES string of the molecule is CCCn1c(=O)n(CCC(=O)Nc2ccc(OC)c(Cl)c2)c2ccccc21. The Morgan fingerprint density at radius 1 is 1.11 bits per heavy atom. The van der Waals surface area contributed by atoms with Gasteiger partial charge in [0.15, 0.2) is 0 Å². The zero-order valence-electron chi connectivity index (χ0n) is 15.4. The van der Waals surface area contributed by atoms with Gasteiger partial charge in [0.2, 0.25) is 5.91 Å². The first-order valence-corrected chi connectivity index (χ1v) is 9.24. The molecule has 3 aromatic rings. The van der Waals surface area contributed by atoms with Gasteiger partial charge in [-0.3, -0.25) is 13.9 Å². The topological polar surface area (TPSA) is 65.3 Å². The third-order valence-corrected chi connectivity index (χ3v) is 4.67. The summed E-state index contributed by atoms with van der Waals surface area (Å²) in [5, 5.41) is 3.23. The molecule has 0 saturated heterocycles. The predicted octanol–water partition coefficient (Wildman–Crippen LogP) is 3.90. The summed E-state index contributed by atoms with van der Waals surface area (Å²) < 4.78 is 8.52. The second-order valence-corrected chi connectivity index (χ2v) is 6.63. The lowest BCUT2D eigenvalue weighted by molar-refractivity contribution is -0.116. The number of methoxy groups -OCH3 is 1. The van der Waals surface area contributed by atoms with E-state index in [1.165, 1.54) is 7.11 Å². The van der Waals surface area contributed by atoms with E-state index in [1.54, 1.807) is 27.3 Å². The van der Waals surface area contributed by atoms with Gasteiger partial charge in [-0.25, -0.2) is 4.79 Å². The summed E-state index contributed by atoms with van der Waals surface area (Å²) in [5.41, 5.74) is 2.24. The van der Waals surface area contributed by atoms with Gasteiger partial charge in [0.05, 0.1) is 23.2 Å². The molecule has 0 fully saturated rings. The van der Waals surface area contributed by atoms with Gasteiger partial charge in [-0.05, 0) is 36.8 Å². The minimum absolute atomic E-state index is 0.0849. The Labute approximate surface area is 162 Å². The quantitative estimate of drug-likeness (QED) is 0.668. The highest BCUT2D eigenvalue weighted by Crippen LogP contribution is 2.27. The van der Waals surface area contributed by atoms with Gasteiger partial charge in [0, 0.05) is 25.2 Å². The number of nitrogens with one attached hydrogen (secondary N) is 1. The average Bonchev–Trinajstić information content (AvgIpc) is 2.92. The van der Waals surface area contributed by atoms with E-state index in [-0.39, 0.29) is 18.0 Å². The fraction of sp³-hybridized carbons (Fsp3) is 0.300. The molecule has 3 rings (SSSR count). The fourth-order valence-electron chi connectivity index (χ4n) is 3.11. The molecule has 1 amide bonds. The van der Waals surface area contributed by atoms with E-state index in [9.17, 15) is 9.59 Å². The molecule has 0 spiro atoms. The van der Waals surface area contributed by atoms with Crippen molar-refractivity contribution in [3.05, 3.63) is 58.0 Å². The van der Waals surface area contributed by atoms with E-state index in [1.807, 2.05) is 31.2 Å². The number of benzene rings is 2. The Morgan fingerprint density at radius 2 is 1.78 bits per heavy atom. The molecule has 0 aliphatic carbocycles. The molecular weight excluding hydrogens is 366 g/mol. The van der Waals surface area contributed by atoms with Gasteiger partial charge >= 0.3 is 5.69 Å². The summed E-state index contributed by atoms with van der Waals surface area (Å²) in [6.45, 7) is 3.00. The van der Waals surface area contributed by atoms with Crippen molar-refractivity contribution in [3.63, 3.8) is 0 Å². The van der Waals surface area contributed by atoms with Crippen molar-refractivity contribution < 1.29 is 9.53 Å². The molecule has 1 heterocycles. The Kier molecular flexibility index (Phi) is 5.86. The summed E-state index contributed by atoms with van der Waals surface area (Å²) in [5.74, 6) is 0.361. The monoisotopic (exact) mass is 387 g/mol. The number of aromatic nitrogens is 2. The van der Waals surface area contributed by atoms with Crippen LogP contribution in [0.2, 0.25) is 5.02 Å². The number of ether oxygens (including phenoxy) is 1. The van der Waals surface area contributed by atoms with E-state index in [4.69, 9.17) is 16.3 Å². The molecule has 7 heteroatoms. The second-order valence-electron chi connectivity index (χ2n) is 6.22. The molecule has 0 unspecified atom stereocenters. The van der Waals surface area contributed by atoms with Crippen LogP contribution in [0.25, 0.3) is 11.0 Å². The Balaban J connectivity index is 1.75. The van der Waals surface area contributed by atoms with Crippen LogP contribution in [0.1, 0.15) is 19.8 Å². The highest BCUT2D eigenvalue weighted by molar-refractivity contribution is 6.32. The third-order valence-electron chi connectivity index (χ3n) is 4.37. The van der Waals surface area contributed by atoms with Crippen molar-refractivity contribution in [2.24, 2.45) is 0 Å². The number of rotatable bonds is 7. The Hall–Kier alpha value is -2.73. The first-order valence-electron chi connectivity index (χ1n) is 8.86. The van der Waals surface area contributed by atoms with Gasteiger partial charge in [-0.1, -0.05) is 30.7 Å². The lowest BCUT2D eigenvalue weighted by Crippen LogP contribution is -2.26. The lowest BCUT2D eigenvalue weighted by Gasteiger charge is -2.08. The standard InChI is InChI=1S/C20H22ClN3O3/c1-3-11-23-16-6-4-5-7-17(16)24(20(23)26)12-10-19(25)22-14-8-9-18(27-2)15(21)13-14/h4-9,13H,3,10-12H2,1-2H3,(H,22,25). The summed E-state index contributed by atoms with van der Waals surface area (Å²) in [4.78, 5) is 25.1. The fourth-order valence-corrected chi connectivity index (χ4v) is 3.37. The molecule has 1 N–H and O–H groups in total. The first-order chi connectivity index (χ1) is 13.0. The number of fused-ring (bicyclic) bond motifs is 1. The van der Waals surface area contributed by atoms with Crippen molar-refractivity contribution >= 4 is 34.2 Å². The van der Waals surface area contributed by atoms with Crippen LogP contribution < -0.4 is 15.7 Å². The number of carbonyl (C=O) groups is 1. The van der Waals surface area contributed by atoms with E-state index >= 15 is 0 Å².